The minimum Gasteiger partial charge on any atom is -0.490 e. The second kappa shape index (κ2) is 8.38. The van der Waals surface area contributed by atoms with Crippen molar-refractivity contribution < 1.29 is 22.7 Å². The summed E-state index contributed by atoms with van der Waals surface area (Å²) in [6.45, 7) is 2.44. The van der Waals surface area contributed by atoms with Gasteiger partial charge in [0.15, 0.2) is 11.5 Å². The molecule has 0 aliphatic carbocycles. The minimum atomic E-state index is -3.87. The number of anilines is 1. The standard InChI is InChI=1S/C19H21ClN2O5S/c1-13-10-14(20)4-6-16(13)21-19(23)12-22(2)28(24,25)15-5-7-17-18(11-15)27-9-3-8-26-17/h4-7,10-11H,3,8-9,12H2,1-2H3,(H,21,23). The molecule has 0 bridgehead atoms. The highest BCUT2D eigenvalue weighted by atomic mass is 35.5. The van der Waals surface area contributed by atoms with Gasteiger partial charge in [0.1, 0.15) is 0 Å². The van der Waals surface area contributed by atoms with Crippen molar-refractivity contribution in [3.63, 3.8) is 0 Å². The normalized spacial score (nSPS) is 13.9. The fourth-order valence-corrected chi connectivity index (χ4v) is 4.10. The van der Waals surface area contributed by atoms with Gasteiger partial charge in [0, 0.05) is 30.2 Å². The lowest BCUT2D eigenvalue weighted by molar-refractivity contribution is -0.116. The molecule has 7 nitrogen and oxygen atoms in total. The molecule has 1 aliphatic rings. The van der Waals surface area contributed by atoms with Crippen LogP contribution >= 0.6 is 11.6 Å². The molecule has 0 saturated heterocycles. The number of halogens is 1. The van der Waals surface area contributed by atoms with Gasteiger partial charge in [0.2, 0.25) is 15.9 Å². The maximum absolute atomic E-state index is 12.8. The minimum absolute atomic E-state index is 0.0368. The van der Waals surface area contributed by atoms with E-state index in [1.807, 2.05) is 0 Å². The number of sulfonamides is 1. The number of rotatable bonds is 5. The molecule has 0 atom stereocenters. The van der Waals surface area contributed by atoms with E-state index >= 15 is 0 Å². The van der Waals surface area contributed by atoms with Crippen LogP contribution in [0.2, 0.25) is 5.02 Å². The third kappa shape index (κ3) is 4.57. The van der Waals surface area contributed by atoms with Gasteiger partial charge in [-0.1, -0.05) is 11.6 Å². The van der Waals surface area contributed by atoms with Crippen molar-refractivity contribution in [3.05, 3.63) is 47.0 Å². The molecule has 1 amide bonds. The monoisotopic (exact) mass is 424 g/mol. The molecule has 2 aromatic carbocycles. The Hall–Kier alpha value is -2.29. The van der Waals surface area contributed by atoms with Crippen LogP contribution in [0, 0.1) is 6.92 Å². The lowest BCUT2D eigenvalue weighted by Crippen LogP contribution is -2.35. The van der Waals surface area contributed by atoms with Gasteiger partial charge in [-0.15, -0.1) is 0 Å². The first-order valence-electron chi connectivity index (χ1n) is 8.69. The highest BCUT2D eigenvalue weighted by Gasteiger charge is 2.25. The zero-order chi connectivity index (χ0) is 20.3. The molecule has 3 rings (SSSR count). The van der Waals surface area contributed by atoms with Crippen LogP contribution in [-0.4, -0.2) is 45.4 Å². The lowest BCUT2D eigenvalue weighted by Gasteiger charge is -2.18. The summed E-state index contributed by atoms with van der Waals surface area (Å²) in [4.78, 5) is 12.4. The van der Waals surface area contributed by atoms with Crippen LogP contribution in [-0.2, 0) is 14.8 Å². The van der Waals surface area contributed by atoms with E-state index in [0.29, 0.717) is 35.4 Å². The summed E-state index contributed by atoms with van der Waals surface area (Å²) in [6, 6.07) is 9.48. The topological polar surface area (TPSA) is 84.9 Å². The van der Waals surface area contributed by atoms with Crippen molar-refractivity contribution in [1.29, 1.82) is 0 Å². The van der Waals surface area contributed by atoms with Crippen molar-refractivity contribution in [2.75, 3.05) is 32.1 Å². The Balaban J connectivity index is 1.73. The number of carbonyl (C=O) groups excluding carboxylic acids is 1. The van der Waals surface area contributed by atoms with Gasteiger partial charge in [-0.05, 0) is 42.8 Å². The smallest absolute Gasteiger partial charge is 0.243 e. The predicted molar refractivity (Wildman–Crippen MR) is 107 cm³/mol. The van der Waals surface area contributed by atoms with E-state index in [1.54, 1.807) is 31.2 Å². The molecule has 0 spiro atoms. The summed E-state index contributed by atoms with van der Waals surface area (Å²) < 4.78 is 37.7. The number of amides is 1. The number of hydrogen-bond donors (Lipinski definition) is 1. The van der Waals surface area contributed by atoms with E-state index in [1.165, 1.54) is 19.2 Å². The van der Waals surface area contributed by atoms with Crippen LogP contribution in [0.15, 0.2) is 41.3 Å². The first-order valence-corrected chi connectivity index (χ1v) is 10.5. The molecule has 0 fully saturated rings. The second-order valence-electron chi connectivity index (χ2n) is 6.43. The van der Waals surface area contributed by atoms with Crippen molar-refractivity contribution >= 4 is 33.2 Å². The maximum atomic E-state index is 12.8. The molecule has 0 aromatic heterocycles. The van der Waals surface area contributed by atoms with Crippen LogP contribution < -0.4 is 14.8 Å². The summed E-state index contributed by atoms with van der Waals surface area (Å²) in [5.41, 5.74) is 1.37. The largest absolute Gasteiger partial charge is 0.490 e. The summed E-state index contributed by atoms with van der Waals surface area (Å²) in [6.07, 6.45) is 0.723. The molecule has 150 valence electrons. The third-order valence-corrected chi connectivity index (χ3v) is 6.29. The zero-order valence-corrected chi connectivity index (χ0v) is 17.1. The Labute approximate surface area is 169 Å². The predicted octanol–water partition coefficient (Wildman–Crippen LogP) is 3.07. The zero-order valence-electron chi connectivity index (χ0n) is 15.6. The summed E-state index contributed by atoms with van der Waals surface area (Å²) in [5.74, 6) is 0.439. The number of benzene rings is 2. The summed E-state index contributed by atoms with van der Waals surface area (Å²) in [7, 11) is -2.52. The number of likely N-dealkylation sites (N-methyl/N-ethyl adjacent to an activating group) is 1. The van der Waals surface area contributed by atoms with Gasteiger partial charge < -0.3 is 14.8 Å². The van der Waals surface area contributed by atoms with E-state index < -0.39 is 15.9 Å². The number of ether oxygens (including phenoxy) is 2. The second-order valence-corrected chi connectivity index (χ2v) is 8.91. The van der Waals surface area contributed by atoms with Gasteiger partial charge in [0.25, 0.3) is 0 Å². The average molecular weight is 425 g/mol. The number of carbonyl (C=O) groups is 1. The molecule has 28 heavy (non-hydrogen) atoms. The van der Waals surface area contributed by atoms with Crippen molar-refractivity contribution in [2.45, 2.75) is 18.2 Å². The number of hydrogen-bond acceptors (Lipinski definition) is 5. The molecule has 2 aromatic rings. The number of aryl methyl sites for hydroxylation is 1. The molecular formula is C19H21ClN2O5S. The molecule has 0 radical (unpaired) electrons. The number of nitrogens with one attached hydrogen (secondary N) is 1. The fourth-order valence-electron chi connectivity index (χ4n) is 2.73. The molecule has 1 heterocycles. The molecule has 1 N–H and O–H groups in total. The highest BCUT2D eigenvalue weighted by Crippen LogP contribution is 2.32. The van der Waals surface area contributed by atoms with Crippen molar-refractivity contribution in [1.82, 2.24) is 4.31 Å². The fraction of sp³-hybridized carbons (Fsp3) is 0.316. The van der Waals surface area contributed by atoms with Crippen LogP contribution in [0.4, 0.5) is 5.69 Å². The summed E-state index contributed by atoms with van der Waals surface area (Å²) in [5, 5.41) is 3.26. The SMILES string of the molecule is Cc1cc(Cl)ccc1NC(=O)CN(C)S(=O)(=O)c1ccc2c(c1)OCCCO2. The summed E-state index contributed by atoms with van der Waals surface area (Å²) >= 11 is 5.91. The van der Waals surface area contributed by atoms with Gasteiger partial charge in [0.05, 0.1) is 24.7 Å². The Morgan fingerprint density at radius 1 is 1.14 bits per heavy atom. The van der Waals surface area contributed by atoms with Gasteiger partial charge in [-0.2, -0.15) is 4.31 Å². The van der Waals surface area contributed by atoms with Crippen LogP contribution in [0.25, 0.3) is 0 Å². The molecule has 1 aliphatic heterocycles. The molecular weight excluding hydrogens is 404 g/mol. The Morgan fingerprint density at radius 2 is 1.86 bits per heavy atom. The Bertz CT molecular complexity index is 994. The Morgan fingerprint density at radius 3 is 2.57 bits per heavy atom. The first kappa shape index (κ1) is 20.4. The van der Waals surface area contributed by atoms with Crippen LogP contribution in [0.1, 0.15) is 12.0 Å². The van der Waals surface area contributed by atoms with E-state index in [9.17, 15) is 13.2 Å². The van der Waals surface area contributed by atoms with Gasteiger partial charge in [-0.3, -0.25) is 4.79 Å². The van der Waals surface area contributed by atoms with E-state index in [4.69, 9.17) is 21.1 Å². The Kier molecular flexibility index (Phi) is 6.12. The number of fused-ring (bicyclic) bond motifs is 1. The number of nitrogens with zero attached hydrogens (tertiary/aromatic N) is 1. The third-order valence-electron chi connectivity index (χ3n) is 4.26. The van der Waals surface area contributed by atoms with Crippen LogP contribution in [0.3, 0.4) is 0 Å². The quantitative estimate of drug-likeness (QED) is 0.797. The van der Waals surface area contributed by atoms with Gasteiger partial charge >= 0.3 is 0 Å². The van der Waals surface area contributed by atoms with Crippen molar-refractivity contribution in [2.24, 2.45) is 0 Å². The molecule has 9 heteroatoms. The highest BCUT2D eigenvalue weighted by molar-refractivity contribution is 7.89. The first-order chi connectivity index (χ1) is 13.3. The van der Waals surface area contributed by atoms with E-state index in [-0.39, 0.29) is 11.4 Å². The molecule has 0 saturated carbocycles. The lowest BCUT2D eigenvalue weighted by atomic mass is 10.2. The van der Waals surface area contributed by atoms with Gasteiger partial charge in [-0.25, -0.2) is 8.42 Å². The van der Waals surface area contributed by atoms with Crippen molar-refractivity contribution in [3.8, 4) is 11.5 Å². The van der Waals surface area contributed by atoms with E-state index in [2.05, 4.69) is 5.32 Å². The average Bonchev–Trinajstić information content (AvgIpc) is 2.88. The van der Waals surface area contributed by atoms with Crippen LogP contribution in [0.5, 0.6) is 11.5 Å². The molecule has 0 unspecified atom stereocenters. The maximum Gasteiger partial charge on any atom is 0.243 e. The van der Waals surface area contributed by atoms with E-state index in [0.717, 1.165) is 16.3 Å².